The Bertz CT molecular complexity index is 495. The van der Waals surface area contributed by atoms with E-state index < -0.39 is 11.5 Å². The zero-order valence-electron chi connectivity index (χ0n) is 9.55. The standard InChI is InChI=1S/C12H13N3O2/c1-12(11(16)17)4-2-6-15(12)10-7-9(8-13)3-5-14-10/h3,5,7H,2,4,6H2,1H3,(H,16,17)/t12-/m0/s1. The smallest absolute Gasteiger partial charge is 0.329 e. The summed E-state index contributed by atoms with van der Waals surface area (Å²) < 4.78 is 0. The summed E-state index contributed by atoms with van der Waals surface area (Å²) in [5.74, 6) is -0.286. The fourth-order valence-electron chi connectivity index (χ4n) is 2.19. The molecular weight excluding hydrogens is 218 g/mol. The molecule has 17 heavy (non-hydrogen) atoms. The van der Waals surface area contributed by atoms with Crippen LogP contribution in [0.1, 0.15) is 25.3 Å². The number of carbonyl (C=O) groups is 1. The molecule has 88 valence electrons. The summed E-state index contributed by atoms with van der Waals surface area (Å²) in [5.41, 5.74) is -0.421. The minimum Gasteiger partial charge on any atom is -0.480 e. The quantitative estimate of drug-likeness (QED) is 0.832. The van der Waals surface area contributed by atoms with Gasteiger partial charge in [-0.15, -0.1) is 0 Å². The second-order valence-corrected chi connectivity index (χ2v) is 4.35. The Morgan fingerprint density at radius 3 is 3.12 bits per heavy atom. The monoisotopic (exact) mass is 231 g/mol. The first kappa shape index (κ1) is 11.4. The van der Waals surface area contributed by atoms with E-state index in [1.165, 1.54) is 6.20 Å². The molecule has 0 amide bonds. The van der Waals surface area contributed by atoms with Crippen LogP contribution in [0.3, 0.4) is 0 Å². The first-order valence-electron chi connectivity index (χ1n) is 5.45. The second-order valence-electron chi connectivity index (χ2n) is 4.35. The number of pyridine rings is 1. The molecule has 1 fully saturated rings. The predicted octanol–water partition coefficient (Wildman–Crippen LogP) is 1.40. The van der Waals surface area contributed by atoms with Crippen LogP contribution in [0.25, 0.3) is 0 Å². The largest absolute Gasteiger partial charge is 0.480 e. The Morgan fingerprint density at radius 2 is 2.47 bits per heavy atom. The molecule has 0 aromatic carbocycles. The lowest BCUT2D eigenvalue weighted by molar-refractivity contribution is -0.142. The molecule has 1 atom stereocenters. The van der Waals surface area contributed by atoms with Crippen LogP contribution in [-0.2, 0) is 4.79 Å². The van der Waals surface area contributed by atoms with Crippen LogP contribution in [0, 0.1) is 11.3 Å². The number of aromatic nitrogens is 1. The van der Waals surface area contributed by atoms with Crippen molar-refractivity contribution < 1.29 is 9.90 Å². The number of carboxylic acids is 1. The van der Waals surface area contributed by atoms with Gasteiger partial charge < -0.3 is 10.0 Å². The third-order valence-electron chi connectivity index (χ3n) is 3.25. The molecule has 5 nitrogen and oxygen atoms in total. The molecule has 1 saturated heterocycles. The van der Waals surface area contributed by atoms with Gasteiger partial charge in [-0.05, 0) is 31.9 Å². The van der Waals surface area contributed by atoms with Crippen molar-refractivity contribution in [1.82, 2.24) is 4.98 Å². The van der Waals surface area contributed by atoms with E-state index in [1.807, 2.05) is 6.07 Å². The van der Waals surface area contributed by atoms with E-state index >= 15 is 0 Å². The normalized spacial score (nSPS) is 23.4. The first-order chi connectivity index (χ1) is 8.08. The zero-order chi connectivity index (χ0) is 12.5. The molecule has 1 aromatic heterocycles. The average molecular weight is 231 g/mol. The van der Waals surface area contributed by atoms with Gasteiger partial charge in [0.15, 0.2) is 0 Å². The van der Waals surface area contributed by atoms with Crippen molar-refractivity contribution in [1.29, 1.82) is 5.26 Å². The van der Waals surface area contributed by atoms with E-state index in [0.29, 0.717) is 24.3 Å². The van der Waals surface area contributed by atoms with Crippen molar-refractivity contribution in [3.63, 3.8) is 0 Å². The maximum Gasteiger partial charge on any atom is 0.329 e. The van der Waals surface area contributed by atoms with Gasteiger partial charge in [-0.2, -0.15) is 5.26 Å². The summed E-state index contributed by atoms with van der Waals surface area (Å²) in [6.45, 7) is 2.35. The van der Waals surface area contributed by atoms with Gasteiger partial charge in [-0.25, -0.2) is 9.78 Å². The van der Waals surface area contributed by atoms with Crippen LogP contribution in [-0.4, -0.2) is 28.1 Å². The maximum atomic E-state index is 11.3. The molecule has 2 heterocycles. The molecule has 2 rings (SSSR count). The lowest BCUT2D eigenvalue weighted by atomic mass is 9.99. The molecule has 1 aromatic rings. The maximum absolute atomic E-state index is 11.3. The highest BCUT2D eigenvalue weighted by Crippen LogP contribution is 2.33. The van der Waals surface area contributed by atoms with E-state index in [-0.39, 0.29) is 0 Å². The van der Waals surface area contributed by atoms with Gasteiger partial charge >= 0.3 is 5.97 Å². The highest BCUT2D eigenvalue weighted by molar-refractivity contribution is 5.83. The SMILES string of the molecule is C[C@@]1(C(=O)O)CCCN1c1cc(C#N)ccn1. The molecule has 0 spiro atoms. The number of anilines is 1. The van der Waals surface area contributed by atoms with Crippen molar-refractivity contribution in [3.8, 4) is 6.07 Å². The third-order valence-corrected chi connectivity index (χ3v) is 3.25. The first-order valence-corrected chi connectivity index (χ1v) is 5.45. The third kappa shape index (κ3) is 1.82. The van der Waals surface area contributed by atoms with Crippen molar-refractivity contribution in [2.24, 2.45) is 0 Å². The van der Waals surface area contributed by atoms with E-state index in [1.54, 1.807) is 24.0 Å². The summed E-state index contributed by atoms with van der Waals surface area (Å²) in [6, 6.07) is 5.27. The minimum absolute atomic E-state index is 0.495. The summed E-state index contributed by atoms with van der Waals surface area (Å²) >= 11 is 0. The Morgan fingerprint density at radius 1 is 1.71 bits per heavy atom. The Balaban J connectivity index is 2.39. The molecule has 0 bridgehead atoms. The summed E-state index contributed by atoms with van der Waals surface area (Å²) in [6.07, 6.45) is 2.95. The number of hydrogen-bond donors (Lipinski definition) is 1. The van der Waals surface area contributed by atoms with Crippen molar-refractivity contribution >= 4 is 11.8 Å². The lowest BCUT2D eigenvalue weighted by Crippen LogP contribution is -2.48. The molecule has 0 radical (unpaired) electrons. The second kappa shape index (κ2) is 4.06. The van der Waals surface area contributed by atoms with E-state index in [2.05, 4.69) is 4.98 Å². The van der Waals surface area contributed by atoms with Crippen molar-refractivity contribution in [3.05, 3.63) is 23.9 Å². The predicted molar refractivity (Wildman–Crippen MR) is 61.6 cm³/mol. The average Bonchev–Trinajstić information content (AvgIpc) is 2.73. The Hall–Kier alpha value is -2.09. The molecule has 5 heteroatoms. The van der Waals surface area contributed by atoms with Crippen molar-refractivity contribution in [2.45, 2.75) is 25.3 Å². The Kier molecular flexibility index (Phi) is 2.72. The number of nitrogens with zero attached hydrogens (tertiary/aromatic N) is 3. The van der Waals surface area contributed by atoms with Crippen LogP contribution in [0.4, 0.5) is 5.82 Å². The van der Waals surface area contributed by atoms with Crippen LogP contribution in [0.5, 0.6) is 0 Å². The molecule has 0 unspecified atom stereocenters. The molecule has 1 aliphatic heterocycles. The number of rotatable bonds is 2. The molecular formula is C12H13N3O2. The van der Waals surface area contributed by atoms with Gasteiger partial charge in [0.25, 0.3) is 0 Å². The van der Waals surface area contributed by atoms with Crippen LogP contribution < -0.4 is 4.90 Å². The van der Waals surface area contributed by atoms with Gasteiger partial charge in [-0.3, -0.25) is 0 Å². The molecule has 0 aliphatic carbocycles. The molecule has 1 aliphatic rings. The van der Waals surface area contributed by atoms with Crippen LogP contribution in [0.15, 0.2) is 18.3 Å². The molecule has 1 N–H and O–H groups in total. The fourth-order valence-corrected chi connectivity index (χ4v) is 2.19. The highest BCUT2D eigenvalue weighted by atomic mass is 16.4. The number of aliphatic carboxylic acids is 1. The fraction of sp³-hybridized carbons (Fsp3) is 0.417. The van der Waals surface area contributed by atoms with E-state index in [0.717, 1.165) is 6.42 Å². The van der Waals surface area contributed by atoms with Gasteiger partial charge in [-0.1, -0.05) is 0 Å². The lowest BCUT2D eigenvalue weighted by Gasteiger charge is -2.32. The van der Waals surface area contributed by atoms with E-state index in [4.69, 9.17) is 5.26 Å². The van der Waals surface area contributed by atoms with Gasteiger partial charge in [0, 0.05) is 12.7 Å². The van der Waals surface area contributed by atoms with Crippen LogP contribution >= 0.6 is 0 Å². The topological polar surface area (TPSA) is 77.2 Å². The van der Waals surface area contributed by atoms with Crippen molar-refractivity contribution in [2.75, 3.05) is 11.4 Å². The zero-order valence-corrected chi connectivity index (χ0v) is 9.55. The van der Waals surface area contributed by atoms with Gasteiger partial charge in [0.05, 0.1) is 11.6 Å². The summed E-state index contributed by atoms with van der Waals surface area (Å²) in [5, 5.41) is 18.1. The molecule has 0 saturated carbocycles. The summed E-state index contributed by atoms with van der Waals surface area (Å²) in [4.78, 5) is 17.2. The number of nitriles is 1. The van der Waals surface area contributed by atoms with Gasteiger partial charge in [0.1, 0.15) is 11.4 Å². The van der Waals surface area contributed by atoms with Gasteiger partial charge in [0.2, 0.25) is 0 Å². The van der Waals surface area contributed by atoms with E-state index in [9.17, 15) is 9.90 Å². The van der Waals surface area contributed by atoms with Crippen LogP contribution in [0.2, 0.25) is 0 Å². The summed E-state index contributed by atoms with van der Waals surface area (Å²) in [7, 11) is 0. The Labute approximate surface area is 99.3 Å². The number of carboxylic acid groups (broad SMARTS) is 1. The number of hydrogen-bond acceptors (Lipinski definition) is 4. The highest BCUT2D eigenvalue weighted by Gasteiger charge is 2.44. The minimum atomic E-state index is -0.916.